The minimum absolute atomic E-state index is 0.776. The van der Waals surface area contributed by atoms with E-state index in [2.05, 4.69) is 11.5 Å². The molecule has 0 aromatic rings. The molecule has 2 fully saturated rings. The minimum Gasteiger partial charge on any atom is -0.378 e. The van der Waals surface area contributed by atoms with Crippen LogP contribution >= 0.6 is 0 Å². The van der Waals surface area contributed by atoms with E-state index in [1.807, 2.05) is 0 Å². The Labute approximate surface area is 80.6 Å². The van der Waals surface area contributed by atoms with E-state index in [4.69, 9.17) is 4.74 Å². The van der Waals surface area contributed by atoms with Gasteiger partial charge in [-0.1, -0.05) is 19.4 Å². The number of hydrogen-bond acceptors (Lipinski definition) is 2. The van der Waals surface area contributed by atoms with Gasteiger partial charge in [-0.3, -0.25) is 0 Å². The normalized spacial score (nSPS) is 25.1. The second-order valence-electron chi connectivity index (χ2n) is 4.07. The number of morpholine rings is 1. The van der Waals surface area contributed by atoms with Crippen LogP contribution in [0.2, 0.25) is 0 Å². The summed E-state index contributed by atoms with van der Waals surface area (Å²) in [5, 5.41) is 0. The van der Waals surface area contributed by atoms with Crippen LogP contribution in [-0.4, -0.2) is 31.2 Å². The van der Waals surface area contributed by atoms with Gasteiger partial charge in [0.15, 0.2) is 0 Å². The largest absolute Gasteiger partial charge is 0.378 e. The first-order valence-electron chi connectivity index (χ1n) is 5.39. The lowest BCUT2D eigenvalue weighted by molar-refractivity contribution is 0.0489. The Morgan fingerprint density at radius 1 is 1.15 bits per heavy atom. The van der Waals surface area contributed by atoms with Crippen molar-refractivity contribution in [1.82, 2.24) is 4.90 Å². The van der Waals surface area contributed by atoms with Crippen LogP contribution in [0.15, 0.2) is 12.3 Å². The van der Waals surface area contributed by atoms with E-state index in [1.165, 1.54) is 31.4 Å². The number of nitrogens with zero attached hydrogens (tertiary/aromatic N) is 1. The van der Waals surface area contributed by atoms with Crippen molar-refractivity contribution in [2.24, 2.45) is 5.92 Å². The highest BCUT2D eigenvalue weighted by atomic mass is 16.5. The van der Waals surface area contributed by atoms with Gasteiger partial charge in [0, 0.05) is 18.8 Å². The monoisotopic (exact) mass is 181 g/mol. The average molecular weight is 181 g/mol. The summed E-state index contributed by atoms with van der Waals surface area (Å²) in [6.07, 6.45) is 5.51. The van der Waals surface area contributed by atoms with E-state index < -0.39 is 0 Å². The van der Waals surface area contributed by atoms with Gasteiger partial charge in [-0.05, 0) is 18.8 Å². The summed E-state index contributed by atoms with van der Waals surface area (Å²) < 4.78 is 5.33. The summed E-state index contributed by atoms with van der Waals surface area (Å²) in [6, 6.07) is 0. The molecule has 2 nitrogen and oxygen atoms in total. The van der Waals surface area contributed by atoms with Gasteiger partial charge in [-0.15, -0.1) is 0 Å². The van der Waals surface area contributed by atoms with Crippen molar-refractivity contribution < 1.29 is 4.74 Å². The van der Waals surface area contributed by atoms with Crippen LogP contribution in [0.3, 0.4) is 0 Å². The van der Waals surface area contributed by atoms with Crippen molar-refractivity contribution in [3.63, 3.8) is 0 Å². The molecule has 0 N–H and O–H groups in total. The molecule has 13 heavy (non-hydrogen) atoms. The molecule has 1 heterocycles. The van der Waals surface area contributed by atoms with Crippen molar-refractivity contribution >= 4 is 0 Å². The van der Waals surface area contributed by atoms with Gasteiger partial charge in [-0.25, -0.2) is 0 Å². The topological polar surface area (TPSA) is 12.5 Å². The van der Waals surface area contributed by atoms with Crippen LogP contribution in [0, 0.1) is 5.92 Å². The van der Waals surface area contributed by atoms with E-state index >= 15 is 0 Å². The quantitative estimate of drug-likeness (QED) is 0.646. The highest BCUT2D eigenvalue weighted by molar-refractivity contribution is 5.02. The zero-order chi connectivity index (χ0) is 9.10. The number of rotatable bonds is 2. The minimum atomic E-state index is 0.776. The maximum Gasteiger partial charge on any atom is 0.0642 e. The molecule has 0 spiro atoms. The molecule has 1 saturated heterocycles. The van der Waals surface area contributed by atoms with Gasteiger partial charge in [-0.2, -0.15) is 0 Å². The summed E-state index contributed by atoms with van der Waals surface area (Å²) in [7, 11) is 0. The molecule has 0 aromatic heterocycles. The van der Waals surface area contributed by atoms with Crippen LogP contribution in [-0.2, 0) is 4.74 Å². The molecule has 0 bridgehead atoms. The molecule has 0 atom stereocenters. The molecule has 1 aliphatic heterocycles. The van der Waals surface area contributed by atoms with E-state index in [0.29, 0.717) is 0 Å². The van der Waals surface area contributed by atoms with Crippen molar-refractivity contribution in [2.45, 2.75) is 25.7 Å². The zero-order valence-electron chi connectivity index (χ0n) is 8.30. The highest BCUT2D eigenvalue weighted by Crippen LogP contribution is 2.31. The fraction of sp³-hybridized carbons (Fsp3) is 0.818. The smallest absolute Gasteiger partial charge is 0.0642 e. The number of hydrogen-bond donors (Lipinski definition) is 0. The summed E-state index contributed by atoms with van der Waals surface area (Å²) in [5.41, 5.74) is 1.38. The molecule has 1 saturated carbocycles. The molecular weight excluding hydrogens is 162 g/mol. The summed E-state index contributed by atoms with van der Waals surface area (Å²) in [6.45, 7) is 8.09. The summed E-state index contributed by atoms with van der Waals surface area (Å²) in [5.74, 6) is 0.776. The lowest BCUT2D eigenvalue weighted by atomic mass is 10.0. The standard InChI is InChI=1S/C11H19NO/c1-10(11-4-2-3-5-11)12-6-8-13-9-7-12/h11H,1-9H2. The Kier molecular flexibility index (Phi) is 2.89. The molecule has 0 radical (unpaired) electrons. The predicted octanol–water partition coefficient (Wildman–Crippen LogP) is 2.02. The lowest BCUT2D eigenvalue weighted by Gasteiger charge is -2.33. The van der Waals surface area contributed by atoms with Crippen molar-refractivity contribution in [2.75, 3.05) is 26.3 Å². The first-order valence-corrected chi connectivity index (χ1v) is 5.39. The van der Waals surface area contributed by atoms with Crippen LogP contribution < -0.4 is 0 Å². The van der Waals surface area contributed by atoms with Gasteiger partial charge in [0.25, 0.3) is 0 Å². The van der Waals surface area contributed by atoms with E-state index in [-0.39, 0.29) is 0 Å². The van der Waals surface area contributed by atoms with Crippen LogP contribution in [0.5, 0.6) is 0 Å². The molecule has 0 amide bonds. The van der Waals surface area contributed by atoms with Crippen molar-refractivity contribution in [3.05, 3.63) is 12.3 Å². The fourth-order valence-electron chi connectivity index (χ4n) is 2.37. The number of allylic oxidation sites excluding steroid dienone is 1. The molecule has 2 aliphatic rings. The second-order valence-corrected chi connectivity index (χ2v) is 4.07. The third kappa shape index (κ3) is 2.05. The Bertz CT molecular complexity index is 179. The van der Waals surface area contributed by atoms with E-state index in [0.717, 1.165) is 32.2 Å². The van der Waals surface area contributed by atoms with Gasteiger partial charge < -0.3 is 9.64 Å². The first-order chi connectivity index (χ1) is 6.38. The van der Waals surface area contributed by atoms with E-state index in [9.17, 15) is 0 Å². The van der Waals surface area contributed by atoms with Crippen LogP contribution in [0.25, 0.3) is 0 Å². The molecule has 2 heteroatoms. The molecule has 0 unspecified atom stereocenters. The van der Waals surface area contributed by atoms with Crippen molar-refractivity contribution in [3.8, 4) is 0 Å². The SMILES string of the molecule is C=C(C1CCCC1)N1CCOCC1. The first kappa shape index (κ1) is 9.07. The predicted molar refractivity (Wildman–Crippen MR) is 53.5 cm³/mol. The third-order valence-corrected chi connectivity index (χ3v) is 3.24. The molecular formula is C11H19NO. The maximum absolute atomic E-state index is 5.33. The maximum atomic E-state index is 5.33. The Morgan fingerprint density at radius 3 is 2.38 bits per heavy atom. The molecule has 1 aliphatic carbocycles. The molecule has 74 valence electrons. The Hall–Kier alpha value is -0.500. The Morgan fingerprint density at radius 2 is 1.77 bits per heavy atom. The third-order valence-electron chi connectivity index (χ3n) is 3.24. The van der Waals surface area contributed by atoms with Crippen LogP contribution in [0.1, 0.15) is 25.7 Å². The van der Waals surface area contributed by atoms with Crippen LogP contribution in [0.4, 0.5) is 0 Å². The number of ether oxygens (including phenoxy) is 1. The summed E-state index contributed by atoms with van der Waals surface area (Å²) >= 11 is 0. The van der Waals surface area contributed by atoms with Gasteiger partial charge in [0.2, 0.25) is 0 Å². The lowest BCUT2D eigenvalue weighted by Crippen LogP contribution is -2.37. The average Bonchev–Trinajstić information content (AvgIpc) is 2.71. The van der Waals surface area contributed by atoms with Crippen molar-refractivity contribution in [1.29, 1.82) is 0 Å². The van der Waals surface area contributed by atoms with Gasteiger partial charge in [0.1, 0.15) is 0 Å². The molecule has 0 aromatic carbocycles. The fourth-order valence-corrected chi connectivity index (χ4v) is 2.37. The van der Waals surface area contributed by atoms with E-state index in [1.54, 1.807) is 0 Å². The highest BCUT2D eigenvalue weighted by Gasteiger charge is 2.22. The zero-order valence-corrected chi connectivity index (χ0v) is 8.30. The van der Waals surface area contributed by atoms with Gasteiger partial charge in [0.05, 0.1) is 13.2 Å². The molecule has 2 rings (SSSR count). The van der Waals surface area contributed by atoms with Gasteiger partial charge >= 0.3 is 0 Å². The Balaban J connectivity index is 1.87. The summed E-state index contributed by atoms with van der Waals surface area (Å²) in [4.78, 5) is 2.42. The second kappa shape index (κ2) is 4.14.